The maximum atomic E-state index is 13.1. The Hall–Kier alpha value is -5.94. The summed E-state index contributed by atoms with van der Waals surface area (Å²) in [4.78, 5) is 0. The first-order valence-corrected chi connectivity index (χ1v) is 28.2. The van der Waals surface area contributed by atoms with Crippen LogP contribution in [-0.4, -0.2) is 20.7 Å². The Bertz CT molecular complexity index is 2590. The average Bonchev–Trinajstić information content (AvgIpc) is 3.39. The van der Waals surface area contributed by atoms with Crippen molar-refractivity contribution in [3.8, 4) is 11.5 Å². The van der Waals surface area contributed by atoms with E-state index in [-0.39, 0.29) is 10.8 Å². The Morgan fingerprint density at radius 3 is 0.833 bits per heavy atom. The second-order valence-corrected chi connectivity index (χ2v) is 24.4. The minimum atomic E-state index is -0.769. The third-order valence-corrected chi connectivity index (χ3v) is 18.3. The zero-order valence-electron chi connectivity index (χ0n) is 43.2. The van der Waals surface area contributed by atoms with E-state index in [4.69, 9.17) is 0 Å². The first kappa shape index (κ1) is 51.0. The summed E-state index contributed by atoms with van der Waals surface area (Å²) in [6.07, 6.45) is 7.11. The van der Waals surface area contributed by atoms with Crippen LogP contribution in [0, 0.1) is 0 Å². The van der Waals surface area contributed by atoms with Gasteiger partial charge >= 0.3 is 0 Å². The molecule has 1 aliphatic carbocycles. The maximum Gasteiger partial charge on any atom is 0.124 e. The smallest absolute Gasteiger partial charge is 0.124 e. The maximum absolute atomic E-state index is 13.1. The van der Waals surface area contributed by atoms with Gasteiger partial charge in [-0.3, -0.25) is 0 Å². The summed E-state index contributed by atoms with van der Waals surface area (Å²) in [5.74, 6) is 2.14. The third-order valence-electron chi connectivity index (χ3n) is 15.2. The Morgan fingerprint density at radius 2 is 0.597 bits per heavy atom. The van der Waals surface area contributed by atoms with E-state index in [2.05, 4.69) is 248 Å². The number of rotatable bonds is 14. The number of aromatic hydroxyl groups is 2. The number of hydrogen-bond donors (Lipinski definition) is 2. The molecule has 0 heterocycles. The Labute approximate surface area is 439 Å². The van der Waals surface area contributed by atoms with Gasteiger partial charge in [-0.05, 0) is 80.3 Å². The normalized spacial score (nSPS) is 15.9. The number of phenolic OH excluding ortho intramolecular Hbond substituents is 2. The van der Waals surface area contributed by atoms with Crippen LogP contribution in [0.1, 0.15) is 147 Å². The molecular weight excluding hydrogens is 913 g/mol. The van der Waals surface area contributed by atoms with E-state index in [1.54, 1.807) is 0 Å². The van der Waals surface area contributed by atoms with Gasteiger partial charge < -0.3 is 10.2 Å². The van der Waals surface area contributed by atoms with E-state index in [1.807, 2.05) is 23.5 Å². The summed E-state index contributed by atoms with van der Waals surface area (Å²) < 4.78 is 0. The van der Waals surface area contributed by atoms with Crippen molar-refractivity contribution >= 4 is 23.5 Å². The van der Waals surface area contributed by atoms with Gasteiger partial charge in [0.05, 0.1) is 10.8 Å². The highest BCUT2D eigenvalue weighted by atomic mass is 32.2. The molecule has 0 aromatic heterocycles. The largest absolute Gasteiger partial charge is 0.507 e. The van der Waals surface area contributed by atoms with E-state index in [0.717, 1.165) is 68.5 Å². The fourth-order valence-corrected chi connectivity index (χ4v) is 14.4. The highest BCUT2D eigenvalue weighted by molar-refractivity contribution is 8.03. The molecule has 1 saturated carbocycles. The van der Waals surface area contributed by atoms with Crippen LogP contribution in [0.5, 0.6) is 11.5 Å². The molecule has 0 spiro atoms. The van der Waals surface area contributed by atoms with Crippen LogP contribution in [0.4, 0.5) is 0 Å². The predicted molar refractivity (Wildman–Crippen MR) is 308 cm³/mol. The minimum absolute atomic E-state index is 0.169. The standard InChI is InChI=1S/C68H72O2S2/c1-65(2,3)57-43-49(63(69)59(45-57)67(51-29-15-9-16-30-51,52-31-17-10-18-32-52)53-33-19-11-20-34-53)47-71-61-41-27-7-8-28-42-62(61)72-48-50-44-58(66(4,5)6)46-60(64(50)70)68(54-35-21-12-22-36-54,55-37-23-13-24-38-55)56-39-25-14-26-40-56/h9-26,29-40,43-46,61-62,69-70H,7-8,27-28,41-42,47-48H2,1-6H3/t61-,62?/m0/s1. The molecule has 1 unspecified atom stereocenters. The van der Waals surface area contributed by atoms with Gasteiger partial charge in [0.25, 0.3) is 0 Å². The van der Waals surface area contributed by atoms with Gasteiger partial charge in [0.15, 0.2) is 0 Å². The molecule has 8 aromatic rings. The fourth-order valence-electron chi connectivity index (χ4n) is 11.3. The molecule has 2 atom stereocenters. The molecule has 1 aliphatic rings. The summed E-state index contributed by atoms with van der Waals surface area (Å²) in [5, 5.41) is 26.9. The second kappa shape index (κ2) is 22.0. The van der Waals surface area contributed by atoms with Gasteiger partial charge in [0.1, 0.15) is 11.5 Å². The highest BCUT2D eigenvalue weighted by Crippen LogP contribution is 2.53. The minimum Gasteiger partial charge on any atom is -0.507 e. The van der Waals surface area contributed by atoms with Gasteiger partial charge in [-0.1, -0.05) is 261 Å². The van der Waals surface area contributed by atoms with Crippen molar-refractivity contribution in [3.05, 3.63) is 273 Å². The number of phenols is 2. The zero-order valence-corrected chi connectivity index (χ0v) is 44.8. The lowest BCUT2D eigenvalue weighted by atomic mass is 9.64. The molecule has 72 heavy (non-hydrogen) atoms. The first-order chi connectivity index (χ1) is 34.8. The average molecular weight is 985 g/mol. The van der Waals surface area contributed by atoms with Crippen LogP contribution in [-0.2, 0) is 33.2 Å². The van der Waals surface area contributed by atoms with Crippen molar-refractivity contribution in [2.75, 3.05) is 0 Å². The van der Waals surface area contributed by atoms with Crippen LogP contribution < -0.4 is 0 Å². The van der Waals surface area contributed by atoms with Gasteiger partial charge in [-0.2, -0.15) is 23.5 Å². The van der Waals surface area contributed by atoms with Gasteiger partial charge in [-0.15, -0.1) is 0 Å². The molecule has 0 bridgehead atoms. The monoisotopic (exact) mass is 984 g/mol. The topological polar surface area (TPSA) is 40.5 Å². The van der Waals surface area contributed by atoms with Crippen molar-refractivity contribution in [3.63, 3.8) is 0 Å². The lowest BCUT2D eigenvalue weighted by molar-refractivity contribution is 0.453. The summed E-state index contributed by atoms with van der Waals surface area (Å²) >= 11 is 4.05. The van der Waals surface area contributed by atoms with Crippen LogP contribution >= 0.6 is 23.5 Å². The third kappa shape index (κ3) is 10.3. The number of hydrogen-bond acceptors (Lipinski definition) is 4. The Morgan fingerprint density at radius 1 is 0.347 bits per heavy atom. The van der Waals surface area contributed by atoms with Gasteiger partial charge in [0, 0.05) is 44.3 Å². The molecule has 1 fully saturated rings. The van der Waals surface area contributed by atoms with E-state index >= 15 is 0 Å². The van der Waals surface area contributed by atoms with Crippen molar-refractivity contribution in [1.29, 1.82) is 0 Å². The molecule has 368 valence electrons. The SMILES string of the molecule is CC(C)(C)c1cc(CSC2CCCCCC[C@@H]2SCc2cc(C(C)(C)C)cc(C(c3ccccc3)(c3ccccc3)c3ccccc3)c2O)c(O)c(C(c2ccccc2)(c2ccccc2)c2ccccc2)c1. The highest BCUT2D eigenvalue weighted by Gasteiger charge is 2.43. The Balaban J connectivity index is 1.12. The first-order valence-electron chi connectivity index (χ1n) is 26.1. The fraction of sp³-hybridized carbons (Fsp3) is 0.294. The molecule has 8 aromatic carbocycles. The molecule has 4 heteroatoms. The van der Waals surface area contributed by atoms with Crippen LogP contribution in [0.15, 0.2) is 206 Å². The van der Waals surface area contributed by atoms with Crippen LogP contribution in [0.3, 0.4) is 0 Å². The van der Waals surface area contributed by atoms with Gasteiger partial charge in [0.2, 0.25) is 0 Å². The molecule has 2 nitrogen and oxygen atoms in total. The van der Waals surface area contributed by atoms with Crippen LogP contribution in [0.2, 0.25) is 0 Å². The molecule has 2 N–H and O–H groups in total. The van der Waals surface area contributed by atoms with Crippen molar-refractivity contribution < 1.29 is 10.2 Å². The van der Waals surface area contributed by atoms with Gasteiger partial charge in [-0.25, -0.2) is 0 Å². The summed E-state index contributed by atoms with van der Waals surface area (Å²) in [7, 11) is 0. The van der Waals surface area contributed by atoms with Crippen LogP contribution in [0.25, 0.3) is 0 Å². The van der Waals surface area contributed by atoms with E-state index in [1.165, 1.54) is 36.8 Å². The van der Waals surface area contributed by atoms with E-state index in [9.17, 15) is 10.2 Å². The van der Waals surface area contributed by atoms with E-state index < -0.39 is 10.8 Å². The Kier molecular flexibility index (Phi) is 15.6. The molecule has 0 saturated heterocycles. The van der Waals surface area contributed by atoms with Crippen molar-refractivity contribution in [2.24, 2.45) is 0 Å². The van der Waals surface area contributed by atoms with E-state index in [0.29, 0.717) is 33.5 Å². The lowest BCUT2D eigenvalue weighted by Crippen LogP contribution is -2.32. The summed E-state index contributed by atoms with van der Waals surface area (Å²) in [6, 6.07) is 73.7. The molecule has 0 radical (unpaired) electrons. The van der Waals surface area contributed by atoms with Crippen molar-refractivity contribution in [2.45, 2.75) is 124 Å². The van der Waals surface area contributed by atoms with Crippen molar-refractivity contribution in [1.82, 2.24) is 0 Å². The second-order valence-electron chi connectivity index (χ2n) is 21.9. The summed E-state index contributed by atoms with van der Waals surface area (Å²) in [6.45, 7) is 13.7. The molecular formula is C68H72O2S2. The summed E-state index contributed by atoms with van der Waals surface area (Å²) in [5.41, 5.74) is 11.1. The predicted octanol–water partition coefficient (Wildman–Crippen LogP) is 17.7. The quantitative estimate of drug-likeness (QED) is 0.107. The number of thioether (sulfide) groups is 2. The molecule has 9 rings (SSSR count). The number of benzene rings is 8. The zero-order chi connectivity index (χ0) is 50.4. The lowest BCUT2D eigenvalue weighted by Gasteiger charge is -2.39. The molecule has 0 aliphatic heterocycles. The molecule has 0 amide bonds.